The van der Waals surface area contributed by atoms with Crippen molar-refractivity contribution in [1.82, 2.24) is 0 Å². The van der Waals surface area contributed by atoms with Gasteiger partial charge in [0, 0.05) is 34.7 Å². The van der Waals surface area contributed by atoms with Crippen LogP contribution in [0.2, 0.25) is 0 Å². The highest BCUT2D eigenvalue weighted by Gasteiger charge is 2.30. The zero-order valence-corrected chi connectivity index (χ0v) is 22.8. The van der Waals surface area contributed by atoms with Gasteiger partial charge in [-0.3, -0.25) is 9.98 Å². The maximum atomic E-state index is 10.2. The van der Waals surface area contributed by atoms with Crippen LogP contribution < -0.4 is 0 Å². The van der Waals surface area contributed by atoms with E-state index in [1.807, 2.05) is 84.9 Å². The molecule has 40 heavy (non-hydrogen) atoms. The lowest BCUT2D eigenvalue weighted by atomic mass is 9.90. The third-order valence-corrected chi connectivity index (χ3v) is 8.04. The van der Waals surface area contributed by atoms with E-state index in [2.05, 4.69) is 10.3 Å². The van der Waals surface area contributed by atoms with E-state index in [1.54, 1.807) is 12.2 Å². The lowest BCUT2D eigenvalue weighted by Crippen LogP contribution is -2.31. The predicted octanol–water partition coefficient (Wildman–Crippen LogP) is 7.72. The van der Waals surface area contributed by atoms with Gasteiger partial charge in [-0.15, -0.1) is 11.6 Å². The molecule has 1 aliphatic carbocycles. The number of fused-ring (bicyclic) bond motifs is 3. The number of oxime groups is 2. The van der Waals surface area contributed by atoms with Gasteiger partial charge in [0.15, 0.2) is 0 Å². The molecule has 1 aliphatic heterocycles. The van der Waals surface area contributed by atoms with Gasteiger partial charge in [-0.05, 0) is 33.7 Å². The number of halogens is 2. The average molecular weight is 567 g/mol. The monoisotopic (exact) mass is 566 g/mol. The second kappa shape index (κ2) is 11.1. The van der Waals surface area contributed by atoms with E-state index in [0.29, 0.717) is 33.6 Å². The topological polar surface area (TPSA) is 89.9 Å². The van der Waals surface area contributed by atoms with Crippen LogP contribution in [-0.4, -0.2) is 44.7 Å². The molecular weight excluding hydrogens is 543 g/mol. The molecule has 2 unspecified atom stereocenters. The number of hydrogen-bond donors (Lipinski definition) is 2. The van der Waals surface area contributed by atoms with E-state index in [0.717, 1.165) is 32.7 Å². The van der Waals surface area contributed by atoms with Crippen LogP contribution in [0.3, 0.4) is 0 Å². The van der Waals surface area contributed by atoms with Gasteiger partial charge in [0.1, 0.15) is 0 Å². The largest absolute Gasteiger partial charge is 0.411 e. The summed E-state index contributed by atoms with van der Waals surface area (Å²) in [6.07, 6.45) is 3.98. The minimum atomic E-state index is -0.508. The summed E-state index contributed by atoms with van der Waals surface area (Å²) in [5, 5.41) is 31.7. The van der Waals surface area contributed by atoms with Crippen molar-refractivity contribution in [2.75, 3.05) is 0 Å². The Kier molecular flexibility index (Phi) is 7.20. The fourth-order valence-electron chi connectivity index (χ4n) is 5.28. The fourth-order valence-corrected chi connectivity index (χ4v) is 5.62. The highest BCUT2D eigenvalue weighted by Crippen LogP contribution is 2.30. The third kappa shape index (κ3) is 4.92. The molecule has 8 heteroatoms. The summed E-state index contributed by atoms with van der Waals surface area (Å²) >= 11 is 12.7. The minimum Gasteiger partial charge on any atom is -0.411 e. The van der Waals surface area contributed by atoms with Gasteiger partial charge >= 0.3 is 0 Å². The summed E-state index contributed by atoms with van der Waals surface area (Å²) < 4.78 is 0. The van der Waals surface area contributed by atoms with Crippen LogP contribution in [0.5, 0.6) is 0 Å². The predicted molar refractivity (Wildman–Crippen MR) is 164 cm³/mol. The number of nitrogens with zero attached hydrogens (tertiary/aromatic N) is 4. The van der Waals surface area contributed by atoms with Crippen molar-refractivity contribution in [3.63, 3.8) is 0 Å². The Hall–Kier alpha value is -4.26. The van der Waals surface area contributed by atoms with Crippen LogP contribution in [0.4, 0.5) is 0 Å². The van der Waals surface area contributed by atoms with Crippen LogP contribution in [0.25, 0.3) is 21.5 Å². The smallest absolute Gasteiger partial charge is 0.0949 e. The second-order valence-corrected chi connectivity index (χ2v) is 10.6. The number of rotatable bonds is 6. The van der Waals surface area contributed by atoms with Gasteiger partial charge < -0.3 is 10.4 Å². The summed E-state index contributed by atoms with van der Waals surface area (Å²) in [4.78, 5) is 9.91. The third-order valence-electron chi connectivity index (χ3n) is 7.23. The fraction of sp³-hybridized carbons (Fsp3) is 0.125. The maximum Gasteiger partial charge on any atom is 0.0949 e. The van der Waals surface area contributed by atoms with Crippen molar-refractivity contribution in [2.24, 2.45) is 20.3 Å². The van der Waals surface area contributed by atoms with Gasteiger partial charge in [0.25, 0.3) is 0 Å². The quantitative estimate of drug-likeness (QED) is 0.108. The zero-order chi connectivity index (χ0) is 27.6. The zero-order valence-electron chi connectivity index (χ0n) is 21.2. The molecule has 6 nitrogen and oxygen atoms in total. The molecule has 4 aromatic rings. The average Bonchev–Trinajstić information content (AvgIpc) is 2.99. The molecule has 6 rings (SSSR count). The van der Waals surface area contributed by atoms with Crippen molar-refractivity contribution in [2.45, 2.75) is 24.3 Å². The molecule has 0 saturated carbocycles. The molecule has 0 radical (unpaired) electrons. The molecule has 2 N–H and O–H groups in total. The van der Waals surface area contributed by atoms with Crippen molar-refractivity contribution in [3.8, 4) is 0 Å². The molecule has 0 fully saturated rings. The maximum absolute atomic E-state index is 10.2. The Balaban J connectivity index is 1.41. The summed E-state index contributed by atoms with van der Waals surface area (Å²) in [6.45, 7) is 0. The highest BCUT2D eigenvalue weighted by atomic mass is 35.5. The first-order valence-corrected chi connectivity index (χ1v) is 13.6. The standard InChI is InChI=1S/C32H24Cl2N4O2/c33-25-15-29-30(16-26(25)34)36-32(18-28(38-40)24-14-6-10-20-8-2-4-12-22(20)24)31(35-29)17-27(37-39)23-13-5-9-19-7-1-3-11-21(19)23/h1-16,25,32,39-40H,17-18H2/b37-27-,38-28-. The van der Waals surface area contributed by atoms with Crippen LogP contribution in [-0.2, 0) is 0 Å². The van der Waals surface area contributed by atoms with E-state index >= 15 is 0 Å². The normalized spacial score (nSPS) is 19.6. The van der Waals surface area contributed by atoms with Crippen LogP contribution >= 0.6 is 23.2 Å². The van der Waals surface area contributed by atoms with E-state index < -0.39 is 11.4 Å². The van der Waals surface area contributed by atoms with Crippen molar-refractivity contribution in [3.05, 3.63) is 119 Å². The van der Waals surface area contributed by atoms with Crippen LogP contribution in [0.15, 0.2) is 128 Å². The van der Waals surface area contributed by atoms with Gasteiger partial charge in [-0.1, -0.05) is 107 Å². The number of hydrogen-bond acceptors (Lipinski definition) is 6. The molecule has 198 valence electrons. The van der Waals surface area contributed by atoms with Gasteiger partial charge in [0.05, 0.1) is 34.3 Å². The van der Waals surface area contributed by atoms with Gasteiger partial charge in [-0.25, -0.2) is 0 Å². The molecule has 0 spiro atoms. The Morgan fingerprint density at radius 1 is 0.775 bits per heavy atom. The number of benzene rings is 4. The first kappa shape index (κ1) is 26.0. The highest BCUT2D eigenvalue weighted by molar-refractivity contribution is 6.41. The Labute approximate surface area is 241 Å². The lowest BCUT2D eigenvalue weighted by molar-refractivity contribution is 0.317. The van der Waals surface area contributed by atoms with E-state index in [1.165, 1.54) is 0 Å². The number of alkyl halides is 1. The van der Waals surface area contributed by atoms with Crippen molar-refractivity contribution >= 4 is 67.6 Å². The Morgan fingerprint density at radius 3 is 1.98 bits per heavy atom. The van der Waals surface area contributed by atoms with Gasteiger partial charge in [-0.2, -0.15) is 0 Å². The molecule has 1 heterocycles. The molecular formula is C32H24Cl2N4O2. The Bertz CT molecular complexity index is 1810. The molecule has 0 amide bonds. The number of aliphatic imine (C=N–C) groups is 2. The molecule has 4 aromatic carbocycles. The molecule has 0 aromatic heterocycles. The summed E-state index contributed by atoms with van der Waals surface area (Å²) in [5.41, 5.74) is 4.42. The lowest BCUT2D eigenvalue weighted by Gasteiger charge is -2.25. The van der Waals surface area contributed by atoms with E-state index in [9.17, 15) is 10.4 Å². The minimum absolute atomic E-state index is 0.224. The van der Waals surface area contributed by atoms with E-state index in [-0.39, 0.29) is 12.8 Å². The summed E-state index contributed by atoms with van der Waals surface area (Å²) in [7, 11) is 0. The molecule has 2 aliphatic rings. The first-order valence-electron chi connectivity index (χ1n) is 12.8. The number of allylic oxidation sites excluding steroid dienone is 3. The Morgan fingerprint density at radius 2 is 1.35 bits per heavy atom. The van der Waals surface area contributed by atoms with E-state index in [4.69, 9.17) is 33.2 Å². The SMILES string of the molecule is O/N=C(/CC1=NC2=CC(Cl)C(Cl)=CC2=NC1C/C(=N/O)c1cccc2ccccc12)c1cccc2ccccc12. The molecule has 0 saturated heterocycles. The summed E-state index contributed by atoms with van der Waals surface area (Å²) in [6, 6.07) is 27.2. The van der Waals surface area contributed by atoms with Gasteiger partial charge in [0.2, 0.25) is 0 Å². The summed E-state index contributed by atoms with van der Waals surface area (Å²) in [5.74, 6) is 0. The van der Waals surface area contributed by atoms with Crippen LogP contribution in [0.1, 0.15) is 24.0 Å². The van der Waals surface area contributed by atoms with Crippen molar-refractivity contribution in [1.29, 1.82) is 0 Å². The second-order valence-electron chi connectivity index (χ2n) is 9.64. The first-order chi connectivity index (χ1) is 19.6. The van der Waals surface area contributed by atoms with Crippen molar-refractivity contribution < 1.29 is 10.4 Å². The molecule has 2 atom stereocenters. The molecule has 0 bridgehead atoms. The van der Waals surface area contributed by atoms with Crippen LogP contribution in [0, 0.1) is 0 Å².